The number of rotatable bonds is 5. The van der Waals surface area contributed by atoms with E-state index in [1.54, 1.807) is 24.5 Å². The number of urea groups is 1. The van der Waals surface area contributed by atoms with Gasteiger partial charge in [0.1, 0.15) is 0 Å². The maximum absolute atomic E-state index is 11.6. The standard InChI is InChI=1S/C15H16N4O2/c20-14(19-13-6-8-16-9-7-13)11-18-15(21)17-10-12-4-2-1-3-5-12/h1-9H,10-11H2,(H,16,19,20)(H2,17,18,21). The number of benzene rings is 1. The molecule has 2 aromatic rings. The van der Waals surface area contributed by atoms with Gasteiger partial charge in [0.25, 0.3) is 0 Å². The zero-order valence-electron chi connectivity index (χ0n) is 11.4. The Bertz CT molecular complexity index is 587. The zero-order chi connectivity index (χ0) is 14.9. The van der Waals surface area contributed by atoms with Crippen LogP contribution in [-0.2, 0) is 11.3 Å². The van der Waals surface area contributed by atoms with Crippen molar-refractivity contribution in [1.29, 1.82) is 0 Å². The van der Waals surface area contributed by atoms with Crippen LogP contribution in [0.3, 0.4) is 0 Å². The van der Waals surface area contributed by atoms with Gasteiger partial charge in [0, 0.05) is 24.6 Å². The van der Waals surface area contributed by atoms with Crippen LogP contribution < -0.4 is 16.0 Å². The summed E-state index contributed by atoms with van der Waals surface area (Å²) in [5.74, 6) is -0.295. The molecule has 0 radical (unpaired) electrons. The minimum absolute atomic E-state index is 0.0943. The molecule has 0 spiro atoms. The number of hydrogen-bond donors (Lipinski definition) is 3. The molecule has 0 saturated heterocycles. The maximum Gasteiger partial charge on any atom is 0.315 e. The number of carbonyl (C=O) groups is 2. The molecule has 21 heavy (non-hydrogen) atoms. The lowest BCUT2D eigenvalue weighted by atomic mass is 10.2. The Labute approximate surface area is 122 Å². The van der Waals surface area contributed by atoms with E-state index in [9.17, 15) is 9.59 Å². The van der Waals surface area contributed by atoms with Crippen LogP contribution in [0.15, 0.2) is 54.9 Å². The molecule has 3 amide bonds. The highest BCUT2D eigenvalue weighted by Crippen LogP contribution is 2.02. The van der Waals surface area contributed by atoms with Gasteiger partial charge >= 0.3 is 6.03 Å². The van der Waals surface area contributed by atoms with Crippen molar-refractivity contribution in [3.8, 4) is 0 Å². The molecule has 1 aromatic heterocycles. The lowest BCUT2D eigenvalue weighted by Crippen LogP contribution is -2.39. The summed E-state index contributed by atoms with van der Waals surface area (Å²) in [6.07, 6.45) is 3.16. The molecular weight excluding hydrogens is 268 g/mol. The predicted molar refractivity (Wildman–Crippen MR) is 79.5 cm³/mol. The number of hydrogen-bond acceptors (Lipinski definition) is 3. The molecule has 3 N–H and O–H groups in total. The topological polar surface area (TPSA) is 83.1 Å². The van der Waals surface area contributed by atoms with Crippen LogP contribution in [0, 0.1) is 0 Å². The van der Waals surface area contributed by atoms with Crippen LogP contribution in [-0.4, -0.2) is 23.5 Å². The van der Waals surface area contributed by atoms with Gasteiger partial charge in [-0.15, -0.1) is 0 Å². The number of nitrogens with one attached hydrogen (secondary N) is 3. The molecule has 1 heterocycles. The van der Waals surface area contributed by atoms with Crippen molar-refractivity contribution in [3.63, 3.8) is 0 Å². The molecule has 0 fully saturated rings. The molecule has 0 bridgehead atoms. The van der Waals surface area contributed by atoms with E-state index < -0.39 is 0 Å². The van der Waals surface area contributed by atoms with Gasteiger partial charge in [-0.1, -0.05) is 30.3 Å². The van der Waals surface area contributed by atoms with Gasteiger partial charge < -0.3 is 16.0 Å². The minimum atomic E-state index is -0.385. The average Bonchev–Trinajstić information content (AvgIpc) is 2.53. The first-order valence-electron chi connectivity index (χ1n) is 6.49. The van der Waals surface area contributed by atoms with Gasteiger partial charge in [-0.25, -0.2) is 4.79 Å². The number of carbonyl (C=O) groups excluding carboxylic acids is 2. The summed E-state index contributed by atoms with van der Waals surface area (Å²) in [4.78, 5) is 27.0. The van der Waals surface area contributed by atoms with E-state index in [1.165, 1.54) is 0 Å². The average molecular weight is 284 g/mol. The van der Waals surface area contributed by atoms with E-state index in [0.717, 1.165) is 5.56 Å². The molecule has 0 unspecified atom stereocenters. The highest BCUT2D eigenvalue weighted by Gasteiger charge is 2.05. The van der Waals surface area contributed by atoms with Gasteiger partial charge in [0.05, 0.1) is 6.54 Å². The van der Waals surface area contributed by atoms with Gasteiger partial charge in [-0.2, -0.15) is 0 Å². The van der Waals surface area contributed by atoms with Crippen LogP contribution in [0.1, 0.15) is 5.56 Å². The normalized spacial score (nSPS) is 9.71. The van der Waals surface area contributed by atoms with Crippen molar-refractivity contribution < 1.29 is 9.59 Å². The van der Waals surface area contributed by atoms with Crippen molar-refractivity contribution in [2.45, 2.75) is 6.54 Å². The number of amides is 3. The number of pyridine rings is 1. The van der Waals surface area contributed by atoms with Crippen molar-refractivity contribution in [2.75, 3.05) is 11.9 Å². The summed E-state index contributed by atoms with van der Waals surface area (Å²) in [5, 5.41) is 7.82. The summed E-state index contributed by atoms with van der Waals surface area (Å²) in [6, 6.07) is 12.5. The van der Waals surface area contributed by atoms with E-state index in [0.29, 0.717) is 12.2 Å². The second-order valence-electron chi connectivity index (χ2n) is 4.31. The Balaban J connectivity index is 1.68. The van der Waals surface area contributed by atoms with Gasteiger partial charge in [0.15, 0.2) is 0 Å². The molecule has 6 nitrogen and oxygen atoms in total. The summed E-state index contributed by atoms with van der Waals surface area (Å²) in [5.41, 5.74) is 1.63. The SMILES string of the molecule is O=C(CNC(=O)NCc1ccccc1)Nc1ccncc1. The monoisotopic (exact) mass is 284 g/mol. The Morgan fingerprint density at radius 1 is 0.952 bits per heavy atom. The third-order valence-corrected chi connectivity index (χ3v) is 2.67. The molecular formula is C15H16N4O2. The summed E-state index contributed by atoms with van der Waals surface area (Å²) in [7, 11) is 0. The van der Waals surface area contributed by atoms with Crippen LogP contribution in [0.2, 0.25) is 0 Å². The summed E-state index contributed by atoms with van der Waals surface area (Å²) in [6.45, 7) is 0.321. The lowest BCUT2D eigenvalue weighted by Gasteiger charge is -2.08. The maximum atomic E-state index is 11.6. The highest BCUT2D eigenvalue weighted by molar-refractivity contribution is 5.94. The zero-order valence-corrected chi connectivity index (χ0v) is 11.4. The Kier molecular flexibility index (Phi) is 5.28. The Morgan fingerprint density at radius 2 is 1.67 bits per heavy atom. The largest absolute Gasteiger partial charge is 0.334 e. The highest BCUT2D eigenvalue weighted by atomic mass is 16.2. The molecule has 6 heteroatoms. The van der Waals surface area contributed by atoms with E-state index in [2.05, 4.69) is 20.9 Å². The fourth-order valence-corrected chi connectivity index (χ4v) is 1.64. The number of nitrogens with zero attached hydrogens (tertiary/aromatic N) is 1. The molecule has 0 atom stereocenters. The quantitative estimate of drug-likeness (QED) is 0.778. The fraction of sp³-hybridized carbons (Fsp3) is 0.133. The molecule has 0 aliphatic rings. The van der Waals surface area contributed by atoms with Crippen LogP contribution in [0.4, 0.5) is 10.5 Å². The molecule has 1 aromatic carbocycles. The molecule has 108 valence electrons. The number of anilines is 1. The molecule has 0 saturated carbocycles. The first-order chi connectivity index (χ1) is 10.2. The lowest BCUT2D eigenvalue weighted by molar-refractivity contribution is -0.115. The Hall–Kier alpha value is -2.89. The smallest absolute Gasteiger partial charge is 0.315 e. The van der Waals surface area contributed by atoms with Gasteiger partial charge in [-0.05, 0) is 17.7 Å². The van der Waals surface area contributed by atoms with Crippen molar-refractivity contribution in [2.24, 2.45) is 0 Å². The van der Waals surface area contributed by atoms with Crippen LogP contribution in [0.25, 0.3) is 0 Å². The van der Waals surface area contributed by atoms with E-state index >= 15 is 0 Å². The first-order valence-corrected chi connectivity index (χ1v) is 6.49. The third-order valence-electron chi connectivity index (χ3n) is 2.67. The summed E-state index contributed by atoms with van der Waals surface area (Å²) < 4.78 is 0. The summed E-state index contributed by atoms with van der Waals surface area (Å²) >= 11 is 0. The first kappa shape index (κ1) is 14.5. The predicted octanol–water partition coefficient (Wildman–Crippen LogP) is 1.52. The molecule has 0 aliphatic carbocycles. The van der Waals surface area contributed by atoms with Gasteiger partial charge in [0.2, 0.25) is 5.91 Å². The number of aromatic nitrogens is 1. The van der Waals surface area contributed by atoms with Crippen molar-refractivity contribution in [3.05, 3.63) is 60.4 Å². The fourth-order valence-electron chi connectivity index (χ4n) is 1.64. The van der Waals surface area contributed by atoms with Crippen molar-refractivity contribution >= 4 is 17.6 Å². The van der Waals surface area contributed by atoms with Crippen LogP contribution in [0.5, 0.6) is 0 Å². The van der Waals surface area contributed by atoms with Crippen LogP contribution >= 0.6 is 0 Å². The van der Waals surface area contributed by atoms with E-state index in [4.69, 9.17) is 0 Å². The minimum Gasteiger partial charge on any atom is -0.334 e. The Morgan fingerprint density at radius 3 is 2.38 bits per heavy atom. The van der Waals surface area contributed by atoms with Crippen molar-refractivity contribution in [1.82, 2.24) is 15.6 Å². The van der Waals surface area contributed by atoms with E-state index in [1.807, 2.05) is 30.3 Å². The molecule has 0 aliphatic heterocycles. The molecule has 2 rings (SSSR count). The second kappa shape index (κ2) is 7.64. The van der Waals surface area contributed by atoms with E-state index in [-0.39, 0.29) is 18.5 Å². The van der Waals surface area contributed by atoms with Gasteiger partial charge in [-0.3, -0.25) is 9.78 Å². The second-order valence-corrected chi connectivity index (χ2v) is 4.31. The third kappa shape index (κ3) is 5.32.